The van der Waals surface area contributed by atoms with E-state index in [1.807, 2.05) is 30.7 Å². The Morgan fingerprint density at radius 3 is 2.55 bits per heavy atom. The lowest BCUT2D eigenvalue weighted by molar-refractivity contribution is 0.541. The maximum atomic E-state index is 12.2. The predicted octanol–water partition coefficient (Wildman–Crippen LogP) is 3.10. The highest BCUT2D eigenvalue weighted by atomic mass is 79.9. The van der Waals surface area contributed by atoms with E-state index in [0.717, 1.165) is 24.2 Å². The number of hydrogen-bond acceptors (Lipinski definition) is 3. The Kier molecular flexibility index (Phi) is 4.65. The van der Waals surface area contributed by atoms with Crippen LogP contribution in [0, 0.1) is 13.8 Å². The topological polar surface area (TPSA) is 51.9 Å². The molecule has 0 aromatic carbocycles. The van der Waals surface area contributed by atoms with Gasteiger partial charge >= 0.3 is 0 Å². The molecule has 0 bridgehead atoms. The lowest BCUT2D eigenvalue weighted by Gasteiger charge is -2.14. The van der Waals surface area contributed by atoms with Crippen molar-refractivity contribution in [2.75, 3.05) is 5.43 Å². The fraction of sp³-hybridized carbons (Fsp3) is 0.429. The minimum atomic E-state index is -0.106. The molecule has 2 heterocycles. The van der Waals surface area contributed by atoms with Crippen molar-refractivity contribution < 1.29 is 0 Å². The monoisotopic (exact) mass is 338 g/mol. The Balaban J connectivity index is 2.30. The maximum Gasteiger partial charge on any atom is 0.283 e. The molecule has 0 aliphatic heterocycles. The van der Waals surface area contributed by atoms with Crippen molar-refractivity contribution in [2.24, 2.45) is 0 Å². The zero-order chi connectivity index (χ0) is 14.7. The second kappa shape index (κ2) is 6.26. The van der Waals surface area contributed by atoms with Crippen molar-refractivity contribution in [1.29, 1.82) is 0 Å². The molecule has 0 radical (unpaired) electrons. The van der Waals surface area contributed by atoms with Gasteiger partial charge in [0.2, 0.25) is 0 Å². The molecule has 0 amide bonds. The van der Waals surface area contributed by atoms with Crippen LogP contribution in [0.2, 0.25) is 0 Å². The van der Waals surface area contributed by atoms with Crippen LogP contribution in [0.1, 0.15) is 31.2 Å². The Bertz CT molecular complexity index is 640. The highest BCUT2D eigenvalue weighted by molar-refractivity contribution is 9.10. The summed E-state index contributed by atoms with van der Waals surface area (Å²) in [6.45, 7) is 6.75. The normalized spacial score (nSPS) is 10.8. The third-order valence-electron chi connectivity index (χ3n) is 3.21. The van der Waals surface area contributed by atoms with Crippen molar-refractivity contribution in [3.8, 4) is 0 Å². The summed E-state index contributed by atoms with van der Waals surface area (Å²) in [6, 6.07) is 4.04. The summed E-state index contributed by atoms with van der Waals surface area (Å²) < 4.78 is 3.93. The van der Waals surface area contributed by atoms with Gasteiger partial charge in [0.05, 0.1) is 11.9 Å². The first kappa shape index (κ1) is 14.8. The van der Waals surface area contributed by atoms with E-state index in [2.05, 4.69) is 33.4 Å². The highest BCUT2D eigenvalue weighted by Gasteiger charge is 2.10. The highest BCUT2D eigenvalue weighted by Crippen LogP contribution is 2.18. The third-order valence-corrected chi connectivity index (χ3v) is 3.98. The summed E-state index contributed by atoms with van der Waals surface area (Å²) in [6.07, 6.45) is 3.66. The average Bonchev–Trinajstić information content (AvgIpc) is 2.74. The van der Waals surface area contributed by atoms with Crippen molar-refractivity contribution >= 4 is 21.6 Å². The SMILES string of the molecule is CCCCn1ncc(Nn2c(C)ccc2C)c(Br)c1=O. The summed E-state index contributed by atoms with van der Waals surface area (Å²) in [5.74, 6) is 0. The van der Waals surface area contributed by atoms with E-state index in [4.69, 9.17) is 0 Å². The Morgan fingerprint density at radius 1 is 1.30 bits per heavy atom. The number of aromatic nitrogens is 3. The molecular formula is C14H19BrN4O. The molecule has 2 aromatic heterocycles. The van der Waals surface area contributed by atoms with E-state index in [9.17, 15) is 4.79 Å². The summed E-state index contributed by atoms with van der Waals surface area (Å²) in [5, 5.41) is 4.21. The van der Waals surface area contributed by atoms with E-state index in [-0.39, 0.29) is 5.56 Å². The third kappa shape index (κ3) is 2.95. The predicted molar refractivity (Wildman–Crippen MR) is 84.0 cm³/mol. The summed E-state index contributed by atoms with van der Waals surface area (Å²) in [7, 11) is 0. The molecule has 0 atom stereocenters. The number of unbranched alkanes of at least 4 members (excludes halogenated alkanes) is 1. The van der Waals surface area contributed by atoms with Crippen LogP contribution >= 0.6 is 15.9 Å². The molecule has 2 rings (SSSR count). The second-order valence-electron chi connectivity index (χ2n) is 4.82. The van der Waals surface area contributed by atoms with E-state index >= 15 is 0 Å². The zero-order valence-electron chi connectivity index (χ0n) is 12.0. The molecular weight excluding hydrogens is 320 g/mol. The standard InChI is InChI=1S/C14H19BrN4O/c1-4-5-8-18-14(20)13(15)12(9-16-18)17-19-10(2)6-7-11(19)3/h6-7,9,17H,4-5,8H2,1-3H3. The first-order chi connectivity index (χ1) is 9.54. The van der Waals surface area contributed by atoms with Crippen molar-refractivity contribution in [2.45, 2.75) is 40.2 Å². The number of halogens is 1. The number of nitrogens with one attached hydrogen (secondary N) is 1. The first-order valence-corrected chi connectivity index (χ1v) is 7.51. The number of nitrogens with zero attached hydrogens (tertiary/aromatic N) is 3. The fourth-order valence-electron chi connectivity index (χ4n) is 1.98. The molecule has 0 unspecified atom stereocenters. The Hall–Kier alpha value is -1.56. The minimum Gasteiger partial charge on any atom is -0.291 e. The van der Waals surface area contributed by atoms with Crippen LogP contribution in [0.25, 0.3) is 0 Å². The van der Waals surface area contributed by atoms with E-state index < -0.39 is 0 Å². The average molecular weight is 339 g/mol. The molecule has 0 saturated heterocycles. The number of aryl methyl sites for hydroxylation is 3. The molecule has 0 fully saturated rings. The first-order valence-electron chi connectivity index (χ1n) is 6.72. The summed E-state index contributed by atoms with van der Waals surface area (Å²) in [4.78, 5) is 12.2. The van der Waals surface area contributed by atoms with Gasteiger partial charge in [0, 0.05) is 17.9 Å². The maximum absolute atomic E-state index is 12.2. The van der Waals surface area contributed by atoms with Crippen molar-refractivity contribution in [3.05, 3.63) is 44.5 Å². The number of hydrogen-bond donors (Lipinski definition) is 1. The molecule has 0 saturated carbocycles. The molecule has 0 aliphatic carbocycles. The largest absolute Gasteiger partial charge is 0.291 e. The Morgan fingerprint density at radius 2 is 1.95 bits per heavy atom. The quantitative estimate of drug-likeness (QED) is 0.911. The minimum absolute atomic E-state index is 0.106. The second-order valence-corrected chi connectivity index (χ2v) is 5.61. The molecule has 108 valence electrons. The van der Waals surface area contributed by atoms with Gasteiger partial charge in [-0.25, -0.2) is 4.68 Å². The van der Waals surface area contributed by atoms with Gasteiger partial charge in [0.1, 0.15) is 4.47 Å². The van der Waals surface area contributed by atoms with Crippen LogP contribution in [-0.4, -0.2) is 14.5 Å². The van der Waals surface area contributed by atoms with Crippen LogP contribution in [0.3, 0.4) is 0 Å². The van der Waals surface area contributed by atoms with Crippen LogP contribution in [0.4, 0.5) is 5.69 Å². The van der Waals surface area contributed by atoms with Gasteiger partial charge in [-0.15, -0.1) is 0 Å². The molecule has 2 aromatic rings. The summed E-state index contributed by atoms with van der Waals surface area (Å²) in [5.41, 5.74) is 5.92. The molecule has 6 heteroatoms. The van der Waals surface area contributed by atoms with Crippen molar-refractivity contribution in [1.82, 2.24) is 14.5 Å². The number of rotatable bonds is 5. The molecule has 20 heavy (non-hydrogen) atoms. The molecule has 0 spiro atoms. The van der Waals surface area contributed by atoms with Crippen LogP contribution in [0.15, 0.2) is 27.6 Å². The molecule has 1 N–H and O–H groups in total. The smallest absolute Gasteiger partial charge is 0.283 e. The van der Waals surface area contributed by atoms with E-state index in [1.165, 1.54) is 4.68 Å². The van der Waals surface area contributed by atoms with Gasteiger partial charge in [-0.2, -0.15) is 5.10 Å². The fourth-order valence-corrected chi connectivity index (χ4v) is 2.37. The lowest BCUT2D eigenvalue weighted by Crippen LogP contribution is -2.25. The molecule has 0 aliphatic rings. The van der Waals surface area contributed by atoms with E-state index in [0.29, 0.717) is 16.7 Å². The zero-order valence-corrected chi connectivity index (χ0v) is 13.6. The number of anilines is 1. The van der Waals surface area contributed by atoms with Gasteiger partial charge in [-0.3, -0.25) is 14.9 Å². The summed E-state index contributed by atoms with van der Waals surface area (Å²) >= 11 is 3.37. The van der Waals surface area contributed by atoms with Gasteiger partial charge in [-0.1, -0.05) is 13.3 Å². The van der Waals surface area contributed by atoms with Crippen LogP contribution in [-0.2, 0) is 6.54 Å². The van der Waals surface area contributed by atoms with Crippen LogP contribution < -0.4 is 11.0 Å². The van der Waals surface area contributed by atoms with Gasteiger partial charge in [-0.05, 0) is 48.3 Å². The lowest BCUT2D eigenvalue weighted by atomic mass is 10.3. The van der Waals surface area contributed by atoms with Gasteiger partial charge in [0.15, 0.2) is 0 Å². The molecule has 5 nitrogen and oxygen atoms in total. The van der Waals surface area contributed by atoms with Crippen LogP contribution in [0.5, 0.6) is 0 Å². The van der Waals surface area contributed by atoms with Gasteiger partial charge < -0.3 is 0 Å². The van der Waals surface area contributed by atoms with Crippen molar-refractivity contribution in [3.63, 3.8) is 0 Å². The Labute approximate surface area is 126 Å². The van der Waals surface area contributed by atoms with Gasteiger partial charge in [0.25, 0.3) is 5.56 Å². The van der Waals surface area contributed by atoms with E-state index in [1.54, 1.807) is 6.20 Å².